The number of ether oxygens (including phenoxy) is 2. The van der Waals surface area contributed by atoms with E-state index in [2.05, 4.69) is 10.3 Å². The van der Waals surface area contributed by atoms with Crippen LogP contribution in [0.15, 0.2) is 42.5 Å². The number of amides is 1. The molecule has 0 aliphatic rings. The van der Waals surface area contributed by atoms with Crippen LogP contribution in [0.2, 0.25) is 0 Å². The summed E-state index contributed by atoms with van der Waals surface area (Å²) in [5.74, 6) is 0.512. The maximum Gasteiger partial charge on any atom is 0.266 e. The lowest BCUT2D eigenvalue weighted by Gasteiger charge is -2.13. The van der Waals surface area contributed by atoms with Gasteiger partial charge in [0.1, 0.15) is 17.3 Å². The average molecular weight is 360 g/mol. The van der Waals surface area contributed by atoms with Gasteiger partial charge in [-0.1, -0.05) is 11.3 Å². The molecule has 2 aromatic carbocycles. The largest absolute Gasteiger partial charge is 0.494 e. The van der Waals surface area contributed by atoms with Gasteiger partial charge in [-0.25, -0.2) is 9.37 Å². The summed E-state index contributed by atoms with van der Waals surface area (Å²) in [5.41, 5.74) is 0.788. The number of anilines is 1. The van der Waals surface area contributed by atoms with Gasteiger partial charge in [0.15, 0.2) is 11.2 Å². The Labute approximate surface area is 148 Å². The second-order valence-electron chi connectivity index (χ2n) is 5.28. The first-order valence-electron chi connectivity index (χ1n) is 7.81. The van der Waals surface area contributed by atoms with Crippen LogP contribution >= 0.6 is 11.3 Å². The maximum atomic E-state index is 12.9. The van der Waals surface area contributed by atoms with Crippen LogP contribution in [0.5, 0.6) is 11.5 Å². The molecule has 0 radical (unpaired) electrons. The summed E-state index contributed by atoms with van der Waals surface area (Å²) < 4.78 is 24.8. The van der Waals surface area contributed by atoms with E-state index in [1.54, 1.807) is 6.92 Å². The summed E-state index contributed by atoms with van der Waals surface area (Å²) >= 11 is 1.36. The lowest BCUT2D eigenvalue weighted by atomic mass is 10.3. The highest BCUT2D eigenvalue weighted by Gasteiger charge is 2.17. The predicted molar refractivity (Wildman–Crippen MR) is 95.9 cm³/mol. The molecule has 0 saturated heterocycles. The third-order valence-corrected chi connectivity index (χ3v) is 4.33. The highest BCUT2D eigenvalue weighted by molar-refractivity contribution is 7.22. The fourth-order valence-corrected chi connectivity index (χ4v) is 3.09. The molecule has 5 nitrogen and oxygen atoms in total. The topological polar surface area (TPSA) is 60.5 Å². The van der Waals surface area contributed by atoms with Crippen molar-refractivity contribution in [3.05, 3.63) is 48.3 Å². The molecule has 7 heteroatoms. The van der Waals surface area contributed by atoms with E-state index in [4.69, 9.17) is 9.47 Å². The number of aromatic nitrogens is 1. The first kappa shape index (κ1) is 17.2. The van der Waals surface area contributed by atoms with Gasteiger partial charge in [-0.2, -0.15) is 0 Å². The van der Waals surface area contributed by atoms with Gasteiger partial charge in [0.25, 0.3) is 5.91 Å². The quantitative estimate of drug-likeness (QED) is 0.714. The Morgan fingerprint density at radius 2 is 1.96 bits per heavy atom. The molecule has 0 aliphatic carbocycles. The number of nitrogens with zero attached hydrogens (tertiary/aromatic N) is 1. The molecule has 0 fully saturated rings. The minimum Gasteiger partial charge on any atom is -0.494 e. The smallest absolute Gasteiger partial charge is 0.266 e. The Morgan fingerprint density at radius 3 is 2.68 bits per heavy atom. The highest BCUT2D eigenvalue weighted by atomic mass is 32.1. The van der Waals surface area contributed by atoms with Crippen molar-refractivity contribution in [1.29, 1.82) is 0 Å². The van der Waals surface area contributed by atoms with E-state index in [-0.39, 0.29) is 11.7 Å². The van der Waals surface area contributed by atoms with Gasteiger partial charge in [0.05, 0.1) is 16.8 Å². The standard InChI is InChI=1S/C18H17FN2O3S/c1-3-23-14-8-9-15-16(10-14)25-18(20-15)21-17(22)11(2)24-13-6-4-12(19)5-7-13/h4-11H,3H2,1-2H3,(H,20,21,22)/t11-/m1/s1. The Bertz CT molecular complexity index is 880. The van der Waals surface area contributed by atoms with Gasteiger partial charge in [0.2, 0.25) is 0 Å². The van der Waals surface area contributed by atoms with E-state index in [0.717, 1.165) is 16.0 Å². The van der Waals surface area contributed by atoms with Gasteiger partial charge in [-0.15, -0.1) is 0 Å². The Hall–Kier alpha value is -2.67. The number of carbonyl (C=O) groups is 1. The number of hydrogen-bond donors (Lipinski definition) is 1. The van der Waals surface area contributed by atoms with Crippen LogP contribution in [0.3, 0.4) is 0 Å². The molecule has 1 aromatic heterocycles. The van der Waals surface area contributed by atoms with Gasteiger partial charge in [-0.05, 0) is 56.3 Å². The van der Waals surface area contributed by atoms with Gasteiger partial charge in [-0.3, -0.25) is 10.1 Å². The van der Waals surface area contributed by atoms with Gasteiger partial charge < -0.3 is 9.47 Å². The van der Waals surface area contributed by atoms with Crippen molar-refractivity contribution in [2.24, 2.45) is 0 Å². The summed E-state index contributed by atoms with van der Waals surface area (Å²) in [6.07, 6.45) is -0.739. The van der Waals surface area contributed by atoms with E-state index < -0.39 is 6.10 Å². The van der Waals surface area contributed by atoms with E-state index in [0.29, 0.717) is 17.5 Å². The third-order valence-electron chi connectivity index (χ3n) is 3.40. The zero-order chi connectivity index (χ0) is 17.8. The van der Waals surface area contributed by atoms with Crippen molar-refractivity contribution < 1.29 is 18.7 Å². The molecule has 1 atom stereocenters. The molecule has 0 saturated carbocycles. The van der Waals surface area contributed by atoms with E-state index in [9.17, 15) is 9.18 Å². The van der Waals surface area contributed by atoms with Crippen molar-refractivity contribution in [2.75, 3.05) is 11.9 Å². The van der Waals surface area contributed by atoms with Crippen LogP contribution in [0.1, 0.15) is 13.8 Å². The monoisotopic (exact) mass is 360 g/mol. The number of benzene rings is 2. The van der Waals surface area contributed by atoms with Gasteiger partial charge >= 0.3 is 0 Å². The number of hydrogen-bond acceptors (Lipinski definition) is 5. The summed E-state index contributed by atoms with van der Waals surface area (Å²) in [4.78, 5) is 16.6. The number of fused-ring (bicyclic) bond motifs is 1. The van der Waals surface area contributed by atoms with Crippen molar-refractivity contribution in [2.45, 2.75) is 20.0 Å². The first-order valence-corrected chi connectivity index (χ1v) is 8.63. The average Bonchev–Trinajstić information content (AvgIpc) is 2.98. The lowest BCUT2D eigenvalue weighted by Crippen LogP contribution is -2.30. The molecule has 1 amide bonds. The van der Waals surface area contributed by atoms with Crippen molar-refractivity contribution in [1.82, 2.24) is 4.98 Å². The summed E-state index contributed by atoms with van der Waals surface area (Å²) in [7, 11) is 0. The third kappa shape index (κ3) is 4.24. The fourth-order valence-electron chi connectivity index (χ4n) is 2.19. The number of nitrogens with one attached hydrogen (secondary N) is 1. The lowest BCUT2D eigenvalue weighted by molar-refractivity contribution is -0.122. The minimum atomic E-state index is -0.739. The summed E-state index contributed by atoms with van der Waals surface area (Å²) in [6.45, 7) is 4.14. The molecule has 1 heterocycles. The molecule has 3 aromatic rings. The second kappa shape index (κ2) is 7.48. The van der Waals surface area contributed by atoms with E-state index >= 15 is 0 Å². The molecule has 0 spiro atoms. The first-order chi connectivity index (χ1) is 12.0. The van der Waals surface area contributed by atoms with Gasteiger partial charge in [0, 0.05) is 0 Å². The Morgan fingerprint density at radius 1 is 1.24 bits per heavy atom. The van der Waals surface area contributed by atoms with Crippen molar-refractivity contribution in [3.8, 4) is 11.5 Å². The molecular formula is C18H17FN2O3S. The molecule has 0 unspecified atom stereocenters. The Balaban J connectivity index is 1.67. The van der Waals surface area contributed by atoms with E-state index in [1.807, 2.05) is 25.1 Å². The maximum absolute atomic E-state index is 12.9. The predicted octanol–water partition coefficient (Wildman–Crippen LogP) is 4.24. The van der Waals surface area contributed by atoms with Crippen LogP contribution in [0, 0.1) is 5.82 Å². The summed E-state index contributed by atoms with van der Waals surface area (Å²) in [5, 5.41) is 3.23. The molecule has 130 valence electrons. The molecule has 25 heavy (non-hydrogen) atoms. The van der Waals surface area contributed by atoms with Crippen LogP contribution in [0.25, 0.3) is 10.2 Å². The second-order valence-corrected chi connectivity index (χ2v) is 6.32. The number of thiazole rings is 1. The molecule has 1 N–H and O–H groups in total. The van der Waals surface area contributed by atoms with Crippen molar-refractivity contribution >= 4 is 32.6 Å². The van der Waals surface area contributed by atoms with E-state index in [1.165, 1.54) is 35.6 Å². The zero-order valence-electron chi connectivity index (χ0n) is 13.8. The van der Waals surface area contributed by atoms with Crippen LogP contribution in [-0.2, 0) is 4.79 Å². The molecular weight excluding hydrogens is 343 g/mol. The fraction of sp³-hybridized carbons (Fsp3) is 0.222. The number of carbonyl (C=O) groups excluding carboxylic acids is 1. The number of rotatable bonds is 6. The highest BCUT2D eigenvalue weighted by Crippen LogP contribution is 2.29. The normalized spacial score (nSPS) is 12.0. The molecule has 0 aliphatic heterocycles. The molecule has 3 rings (SSSR count). The zero-order valence-corrected chi connectivity index (χ0v) is 14.6. The van der Waals surface area contributed by atoms with Crippen molar-refractivity contribution in [3.63, 3.8) is 0 Å². The van der Waals surface area contributed by atoms with Crippen LogP contribution in [-0.4, -0.2) is 23.6 Å². The van der Waals surface area contributed by atoms with Crippen LogP contribution < -0.4 is 14.8 Å². The SMILES string of the molecule is CCOc1ccc2nc(NC(=O)[C@@H](C)Oc3ccc(F)cc3)sc2c1. The minimum absolute atomic E-state index is 0.326. The number of halogens is 1. The Kier molecular flexibility index (Phi) is 5.14. The summed E-state index contributed by atoms with van der Waals surface area (Å²) in [6, 6.07) is 11.1. The molecule has 0 bridgehead atoms. The van der Waals surface area contributed by atoms with Crippen LogP contribution in [0.4, 0.5) is 9.52 Å².